The lowest BCUT2D eigenvalue weighted by molar-refractivity contribution is 0.535. The van der Waals surface area contributed by atoms with Gasteiger partial charge in [0.1, 0.15) is 0 Å². The van der Waals surface area contributed by atoms with Crippen molar-refractivity contribution in [1.82, 2.24) is 15.2 Å². The van der Waals surface area contributed by atoms with Crippen LogP contribution >= 0.6 is 0 Å². The van der Waals surface area contributed by atoms with E-state index in [9.17, 15) is 0 Å². The summed E-state index contributed by atoms with van der Waals surface area (Å²) in [6.45, 7) is 1.74. The van der Waals surface area contributed by atoms with E-state index < -0.39 is 0 Å². The summed E-state index contributed by atoms with van der Waals surface area (Å²) in [4.78, 5) is 3.94. The summed E-state index contributed by atoms with van der Waals surface area (Å²) in [6.07, 6.45) is 3.38. The van der Waals surface area contributed by atoms with Crippen LogP contribution in [0.25, 0.3) is 0 Å². The van der Waals surface area contributed by atoms with Crippen LogP contribution in [0.3, 0.4) is 0 Å². The first kappa shape index (κ1) is 7.72. The van der Waals surface area contributed by atoms with Crippen molar-refractivity contribution in [2.24, 2.45) is 0 Å². The molecule has 1 N–H and O–H groups in total. The fourth-order valence-corrected chi connectivity index (χ4v) is 0.907. The lowest BCUT2D eigenvalue weighted by atomic mass is 10.4. The van der Waals surface area contributed by atoms with Gasteiger partial charge in [-0.1, -0.05) is 5.10 Å². The molecule has 0 aliphatic heterocycles. The van der Waals surface area contributed by atoms with E-state index >= 15 is 0 Å². The lowest BCUT2D eigenvalue weighted by Gasteiger charge is -1.97. The molecule has 0 saturated heterocycles. The minimum Gasteiger partial charge on any atom is -0.408 e. The molecule has 0 aromatic carbocycles. The summed E-state index contributed by atoms with van der Waals surface area (Å²) < 4.78 is 5.13. The Bertz CT molecular complexity index is 384. The molecule has 0 radical (unpaired) electrons. The van der Waals surface area contributed by atoms with Crippen molar-refractivity contribution < 1.29 is 4.42 Å². The van der Waals surface area contributed by atoms with Crippen molar-refractivity contribution in [1.29, 1.82) is 0 Å². The third-order valence-electron chi connectivity index (χ3n) is 1.44. The summed E-state index contributed by atoms with van der Waals surface area (Å²) in [7, 11) is 0. The number of hydrogen-bond acceptors (Lipinski definition) is 5. The van der Waals surface area contributed by atoms with E-state index in [1.165, 1.54) is 0 Å². The quantitative estimate of drug-likeness (QED) is 0.751. The summed E-state index contributed by atoms with van der Waals surface area (Å²) in [5, 5.41) is 10.4. The molecule has 0 aliphatic carbocycles. The van der Waals surface area contributed by atoms with Gasteiger partial charge in [-0.25, -0.2) is 0 Å². The van der Waals surface area contributed by atoms with E-state index in [4.69, 9.17) is 4.42 Å². The molecule has 0 saturated carbocycles. The van der Waals surface area contributed by atoms with Crippen LogP contribution in [0.2, 0.25) is 0 Å². The number of pyridine rings is 1. The first-order valence-corrected chi connectivity index (χ1v) is 3.82. The molecule has 0 atom stereocenters. The van der Waals surface area contributed by atoms with Crippen LogP contribution in [-0.2, 0) is 0 Å². The van der Waals surface area contributed by atoms with Crippen LogP contribution in [0, 0.1) is 6.92 Å². The molecular weight excluding hydrogens is 168 g/mol. The molecule has 2 heterocycles. The van der Waals surface area contributed by atoms with Crippen LogP contribution in [0.4, 0.5) is 11.7 Å². The second-order valence-electron chi connectivity index (χ2n) is 2.49. The molecule has 5 heteroatoms. The monoisotopic (exact) mass is 176 g/mol. The van der Waals surface area contributed by atoms with Gasteiger partial charge < -0.3 is 9.73 Å². The first-order valence-electron chi connectivity index (χ1n) is 3.82. The Morgan fingerprint density at radius 1 is 1.38 bits per heavy atom. The lowest BCUT2D eigenvalue weighted by Crippen LogP contribution is -1.90. The highest BCUT2D eigenvalue weighted by Gasteiger charge is 2.00. The van der Waals surface area contributed by atoms with Crippen molar-refractivity contribution >= 4 is 11.7 Å². The second-order valence-corrected chi connectivity index (χ2v) is 2.49. The average Bonchev–Trinajstić information content (AvgIpc) is 2.53. The Kier molecular flexibility index (Phi) is 1.91. The largest absolute Gasteiger partial charge is 0.408 e. The van der Waals surface area contributed by atoms with E-state index in [1.807, 2.05) is 12.1 Å². The van der Waals surface area contributed by atoms with Gasteiger partial charge in [0.2, 0.25) is 5.89 Å². The molecule has 2 aromatic rings. The maximum Gasteiger partial charge on any atom is 0.320 e. The highest BCUT2D eigenvalue weighted by atomic mass is 16.4. The van der Waals surface area contributed by atoms with Crippen LogP contribution in [0.1, 0.15) is 5.89 Å². The summed E-state index contributed by atoms with van der Waals surface area (Å²) >= 11 is 0. The number of aromatic nitrogens is 3. The molecule has 66 valence electrons. The van der Waals surface area contributed by atoms with Crippen molar-refractivity contribution in [2.45, 2.75) is 6.92 Å². The molecule has 13 heavy (non-hydrogen) atoms. The van der Waals surface area contributed by atoms with Crippen molar-refractivity contribution in [3.05, 3.63) is 30.4 Å². The highest BCUT2D eigenvalue weighted by molar-refractivity contribution is 5.49. The predicted molar refractivity (Wildman–Crippen MR) is 46.6 cm³/mol. The molecule has 5 nitrogen and oxygen atoms in total. The third-order valence-corrected chi connectivity index (χ3v) is 1.44. The molecule has 0 bridgehead atoms. The number of rotatable bonds is 2. The second kappa shape index (κ2) is 3.22. The smallest absolute Gasteiger partial charge is 0.320 e. The van der Waals surface area contributed by atoms with E-state index in [-0.39, 0.29) is 0 Å². The molecule has 0 aliphatic rings. The van der Waals surface area contributed by atoms with Crippen LogP contribution in [0.5, 0.6) is 0 Å². The third kappa shape index (κ3) is 1.81. The predicted octanol–water partition coefficient (Wildman–Crippen LogP) is 1.52. The Hall–Kier alpha value is -1.91. The van der Waals surface area contributed by atoms with Gasteiger partial charge >= 0.3 is 6.01 Å². The zero-order chi connectivity index (χ0) is 9.10. The normalized spacial score (nSPS) is 9.92. The minimum atomic E-state index is 0.380. The van der Waals surface area contributed by atoms with Crippen LogP contribution < -0.4 is 5.32 Å². The van der Waals surface area contributed by atoms with Gasteiger partial charge in [-0.3, -0.25) is 4.98 Å². The number of nitrogens with one attached hydrogen (secondary N) is 1. The van der Waals surface area contributed by atoms with Gasteiger partial charge in [0.25, 0.3) is 0 Å². The maximum atomic E-state index is 5.13. The number of hydrogen-bond donors (Lipinski definition) is 1. The first-order chi connectivity index (χ1) is 6.34. The Morgan fingerprint density at radius 2 is 2.31 bits per heavy atom. The van der Waals surface area contributed by atoms with Crippen molar-refractivity contribution in [2.75, 3.05) is 5.32 Å². The number of nitrogens with zero attached hydrogens (tertiary/aromatic N) is 3. The van der Waals surface area contributed by atoms with E-state index in [0.717, 1.165) is 5.69 Å². The number of anilines is 2. The zero-order valence-corrected chi connectivity index (χ0v) is 7.06. The van der Waals surface area contributed by atoms with E-state index in [0.29, 0.717) is 11.9 Å². The molecule has 0 fully saturated rings. The van der Waals surface area contributed by atoms with Gasteiger partial charge in [0, 0.05) is 13.1 Å². The van der Waals surface area contributed by atoms with Gasteiger partial charge in [0.05, 0.1) is 11.9 Å². The summed E-state index contributed by atoms with van der Waals surface area (Å²) in [5.74, 6) is 0.534. The Balaban J connectivity index is 2.15. The number of aryl methyl sites for hydroxylation is 1. The molecule has 0 amide bonds. The fourth-order valence-electron chi connectivity index (χ4n) is 0.907. The zero-order valence-electron chi connectivity index (χ0n) is 7.06. The fraction of sp³-hybridized carbons (Fsp3) is 0.125. The van der Waals surface area contributed by atoms with E-state index in [2.05, 4.69) is 20.5 Å². The average molecular weight is 176 g/mol. The molecule has 2 rings (SSSR count). The SMILES string of the molecule is Cc1nnc(Nc2cccnc2)o1. The summed E-state index contributed by atoms with van der Waals surface area (Å²) in [6, 6.07) is 4.07. The molecule has 2 aromatic heterocycles. The minimum absolute atomic E-state index is 0.380. The summed E-state index contributed by atoms with van der Waals surface area (Å²) in [5.41, 5.74) is 0.825. The van der Waals surface area contributed by atoms with Crippen LogP contribution in [0.15, 0.2) is 28.9 Å². The van der Waals surface area contributed by atoms with Gasteiger partial charge in [-0.15, -0.1) is 5.10 Å². The van der Waals surface area contributed by atoms with Crippen LogP contribution in [-0.4, -0.2) is 15.2 Å². The standard InChI is InChI=1S/C8H8N4O/c1-6-11-12-8(13-6)10-7-3-2-4-9-5-7/h2-5H,1H3,(H,10,12). The maximum absolute atomic E-state index is 5.13. The molecular formula is C8H8N4O. The highest BCUT2D eigenvalue weighted by Crippen LogP contribution is 2.12. The Morgan fingerprint density at radius 3 is 2.92 bits per heavy atom. The van der Waals surface area contributed by atoms with Gasteiger partial charge in [-0.05, 0) is 12.1 Å². The van der Waals surface area contributed by atoms with E-state index in [1.54, 1.807) is 19.3 Å². The van der Waals surface area contributed by atoms with Crippen molar-refractivity contribution in [3.63, 3.8) is 0 Å². The molecule has 0 unspecified atom stereocenters. The molecule has 0 spiro atoms. The van der Waals surface area contributed by atoms with Gasteiger partial charge in [0.15, 0.2) is 0 Å². The topological polar surface area (TPSA) is 63.8 Å². The van der Waals surface area contributed by atoms with Gasteiger partial charge in [-0.2, -0.15) is 0 Å². The Labute approximate surface area is 74.8 Å². The van der Waals surface area contributed by atoms with Crippen molar-refractivity contribution in [3.8, 4) is 0 Å².